The van der Waals surface area contributed by atoms with Gasteiger partial charge in [-0.25, -0.2) is 45.4 Å². The van der Waals surface area contributed by atoms with E-state index in [-0.39, 0.29) is 90.5 Å². The van der Waals surface area contributed by atoms with E-state index in [0.717, 1.165) is 149 Å². The third kappa shape index (κ3) is 16.7. The molecule has 20 rings (SSSR count). The van der Waals surface area contributed by atoms with Crippen LogP contribution in [0.25, 0.3) is 55.6 Å². The Morgan fingerprint density at radius 1 is 0.378 bits per heavy atom. The van der Waals surface area contributed by atoms with E-state index in [9.17, 15) is 45.9 Å². The van der Waals surface area contributed by atoms with Crippen LogP contribution in [0.4, 0.5) is 22.0 Å². The number of nitriles is 1. The van der Waals surface area contributed by atoms with Crippen molar-refractivity contribution in [1.29, 1.82) is 5.26 Å². The molecule has 2 saturated carbocycles. The number of hydrogen-bond donors (Lipinski definition) is 2. The molecule has 3 saturated heterocycles. The van der Waals surface area contributed by atoms with Crippen LogP contribution in [0.1, 0.15) is 152 Å². The molecule has 10 aliphatic rings. The molecule has 13 heterocycles. The zero-order chi connectivity index (χ0) is 83.2. The number of carbonyl (C=O) groups is 5. The minimum atomic E-state index is -1.15. The van der Waals surface area contributed by atoms with Crippen molar-refractivity contribution in [3.8, 4) is 91.1 Å². The van der Waals surface area contributed by atoms with Crippen LogP contribution >= 0.6 is 46.4 Å². The first-order valence-electron chi connectivity index (χ1n) is 39.7. The first-order valence-corrected chi connectivity index (χ1v) is 41.2. The molecule has 0 atom stereocenters. The van der Waals surface area contributed by atoms with Gasteiger partial charge in [-0.2, -0.15) is 30.8 Å². The summed E-state index contributed by atoms with van der Waals surface area (Å²) < 4.78 is 108. The number of ether oxygens (including phenoxy) is 5. The average Bonchev–Trinajstić information content (AvgIpc) is 1.66. The van der Waals surface area contributed by atoms with Gasteiger partial charge < -0.3 is 49.0 Å². The van der Waals surface area contributed by atoms with Gasteiger partial charge in [0.2, 0.25) is 29.4 Å². The van der Waals surface area contributed by atoms with Gasteiger partial charge in [0.1, 0.15) is 23.5 Å². The fourth-order valence-electron chi connectivity index (χ4n) is 14.9. The van der Waals surface area contributed by atoms with Gasteiger partial charge in [0.25, 0.3) is 29.5 Å². The molecule has 5 aromatic heterocycles. The van der Waals surface area contributed by atoms with Crippen molar-refractivity contribution < 1.29 is 69.6 Å². The van der Waals surface area contributed by atoms with Gasteiger partial charge in [0, 0.05) is 137 Å². The van der Waals surface area contributed by atoms with Gasteiger partial charge >= 0.3 is 0 Å². The Hall–Kier alpha value is -11.2. The third-order valence-corrected chi connectivity index (χ3v) is 22.8. The normalized spacial score (nSPS) is 16.3. The monoisotopic (exact) mass is 1710 g/mol. The lowest BCUT2D eigenvalue weighted by atomic mass is 9.97. The molecule has 2 N–H and O–H groups in total. The molecule has 119 heavy (non-hydrogen) atoms. The molecule has 0 spiro atoms. The molecule has 5 aromatic carbocycles. The zero-order valence-electron chi connectivity index (χ0n) is 65.1. The fourth-order valence-corrected chi connectivity index (χ4v) is 15.6. The lowest BCUT2D eigenvalue weighted by Gasteiger charge is -2.30. The molecular weight excluding hydrogens is 1630 g/mol. The van der Waals surface area contributed by atoms with E-state index in [2.05, 4.69) is 36.1 Å². The van der Waals surface area contributed by atoms with Crippen LogP contribution < -0.4 is 34.3 Å². The average molecular weight is 1710 g/mol. The van der Waals surface area contributed by atoms with Gasteiger partial charge in [0.05, 0.1) is 76.5 Å². The zero-order valence-corrected chi connectivity index (χ0v) is 68.2. The summed E-state index contributed by atoms with van der Waals surface area (Å²) in [6, 6.07) is 20.9. The molecule has 26 nitrogen and oxygen atoms in total. The van der Waals surface area contributed by atoms with Crippen LogP contribution in [0.3, 0.4) is 0 Å². The van der Waals surface area contributed by atoms with Gasteiger partial charge in [-0.1, -0.05) is 58.5 Å². The van der Waals surface area contributed by atoms with Crippen molar-refractivity contribution in [1.82, 2.24) is 74.2 Å². The Kier molecular flexibility index (Phi) is 23.7. The number of amides is 5. The van der Waals surface area contributed by atoms with E-state index >= 15 is 0 Å². The molecule has 0 bridgehead atoms. The summed E-state index contributed by atoms with van der Waals surface area (Å²) >= 11 is 23.4. The highest BCUT2D eigenvalue weighted by molar-refractivity contribution is 6.32. The van der Waals surface area contributed by atoms with E-state index < -0.39 is 29.1 Å². The number of halogens is 9. The van der Waals surface area contributed by atoms with Crippen LogP contribution in [0.15, 0.2) is 72.8 Å². The number of likely N-dealkylation sites (tertiary alicyclic amines) is 3. The third-order valence-electron chi connectivity index (χ3n) is 21.8. The Bertz CT molecular complexity index is 5660. The second-order valence-corrected chi connectivity index (χ2v) is 32.0. The standard InChI is InChI=1S/C18H17FN4O2.2C17H18ClN3O2.2C16H14ClF2N3O2/c1-10-7-11(9-20)14(19)8-13(10)15-16(17(24)21-12-3-4-12)22-23-5-2-6-25-18(15)23;1-10-9-11(18)3-6-13(10)14-15(16(22)19-12-4-5-12)20-21-7-2-8-23-17(14)21;1-11-10-12(18)4-5-13(11)14-15(16(22)20-6-2-7-20)19-21-8-3-9-23-17(14)21;17-10-4-3-9(12(18)13(10)19)11-14(15(23)21-5-1-6-21)20-22-7-2-8-24-16(11)22;17-10-8-11(18)9(7-12(10)19)13-14(15(23)21-3-1-4-21)20-22-5-2-6-24-16(13)22/h7-8,12H,2-6H2,1H3,(H,21,24);3,6,9,12H,2,4-5,7-8H2,1H3,(H,19,22);4-5,10H,2-3,6-9H2,1H3;3-4H,1-2,5-8H2;7-8H,1-6H2. The summed E-state index contributed by atoms with van der Waals surface area (Å²) in [6.45, 7) is 16.0. The topological polar surface area (TPSA) is 278 Å². The molecule has 0 unspecified atom stereocenters. The number of hydrogen-bond acceptors (Lipinski definition) is 16. The van der Waals surface area contributed by atoms with Crippen molar-refractivity contribution >= 4 is 75.9 Å². The highest BCUT2D eigenvalue weighted by atomic mass is 35.5. The highest BCUT2D eigenvalue weighted by Crippen LogP contribution is 2.46. The number of nitrogens with one attached hydrogen (secondary N) is 2. The van der Waals surface area contributed by atoms with Crippen molar-refractivity contribution in [2.45, 2.75) is 143 Å². The number of benzene rings is 5. The summed E-state index contributed by atoms with van der Waals surface area (Å²) in [5, 5.41) is 37.8. The van der Waals surface area contributed by atoms with Crippen LogP contribution in [-0.2, 0) is 32.7 Å². The maximum Gasteiger partial charge on any atom is 0.275 e. The Balaban J connectivity index is 0.000000111. The second kappa shape index (κ2) is 34.6. The number of carbonyl (C=O) groups excluding carboxylic acids is 5. The maximum absolute atomic E-state index is 14.5. The molecule has 8 aliphatic heterocycles. The second-order valence-electron chi connectivity index (χ2n) is 30.3. The summed E-state index contributed by atoms with van der Waals surface area (Å²) in [7, 11) is 0. The van der Waals surface area contributed by atoms with E-state index in [4.69, 9.17) is 75.3 Å². The minimum absolute atomic E-state index is 0.00824. The Labute approximate surface area is 699 Å². The quantitative estimate of drug-likeness (QED) is 0.0653. The number of aryl methyl sites for hydroxylation is 8. The first kappa shape index (κ1) is 81.5. The lowest BCUT2D eigenvalue weighted by molar-refractivity contribution is 0.0638. The smallest absolute Gasteiger partial charge is 0.275 e. The molecule has 35 heteroatoms. The van der Waals surface area contributed by atoms with Crippen LogP contribution in [0, 0.1) is 61.2 Å². The molecule has 2 aliphatic carbocycles. The SMILES string of the molecule is Cc1cc(C#N)c(F)cc1-c1c(C(=O)NC2CC2)nn2c1OCCC2.Cc1cc(Cl)ccc1-c1c(C(=O)N2CCC2)nn2c1OCCC2.Cc1cc(Cl)ccc1-c1c(C(=O)NC2CC2)nn2c1OCCC2.O=C(c1nn2c(c1-c1cc(F)c(Cl)cc1F)OCCC2)N1CCC1.O=C(c1nn2c(c1-c1ccc(Cl)c(F)c1F)OCCC2)N1CCC1. The summed E-state index contributed by atoms with van der Waals surface area (Å²) in [6.07, 6.45) is 11.0. The van der Waals surface area contributed by atoms with Crippen molar-refractivity contribution in [3.05, 3.63) is 173 Å². The molecular formula is C84H81Cl4F5N16O10. The maximum atomic E-state index is 14.5. The molecule has 0 radical (unpaired) electrons. The van der Waals surface area contributed by atoms with Gasteiger partial charge in [-0.15, -0.1) is 0 Å². The predicted octanol–water partition coefficient (Wildman–Crippen LogP) is 15.1. The lowest BCUT2D eigenvalue weighted by Crippen LogP contribution is -2.42. The molecule has 5 amide bonds. The van der Waals surface area contributed by atoms with E-state index in [1.807, 2.05) is 65.9 Å². The molecule has 10 aromatic rings. The van der Waals surface area contributed by atoms with Gasteiger partial charge in [-0.3, -0.25) is 24.0 Å². The minimum Gasteiger partial charge on any atom is -0.477 e. The van der Waals surface area contributed by atoms with Crippen LogP contribution in [0.2, 0.25) is 20.1 Å². The van der Waals surface area contributed by atoms with Crippen molar-refractivity contribution in [3.63, 3.8) is 0 Å². The van der Waals surface area contributed by atoms with E-state index in [1.165, 1.54) is 33.6 Å². The van der Waals surface area contributed by atoms with Crippen molar-refractivity contribution in [2.24, 2.45) is 0 Å². The van der Waals surface area contributed by atoms with Gasteiger partial charge in [0.15, 0.2) is 40.1 Å². The number of nitrogens with zero attached hydrogens (tertiary/aromatic N) is 14. The first-order chi connectivity index (χ1) is 57.5. The van der Waals surface area contributed by atoms with Gasteiger partial charge in [-0.05, 0) is 160 Å². The van der Waals surface area contributed by atoms with Crippen LogP contribution in [0.5, 0.6) is 29.4 Å². The Morgan fingerprint density at radius 3 is 1.08 bits per heavy atom. The largest absolute Gasteiger partial charge is 0.477 e. The predicted molar refractivity (Wildman–Crippen MR) is 430 cm³/mol. The van der Waals surface area contributed by atoms with Crippen LogP contribution in [-0.4, -0.2) is 178 Å². The molecule has 5 fully saturated rings. The molecule has 620 valence electrons. The van der Waals surface area contributed by atoms with E-state index in [0.29, 0.717) is 152 Å². The van der Waals surface area contributed by atoms with E-state index in [1.54, 1.807) is 26.1 Å². The fraction of sp³-hybridized carbons (Fsp3) is 0.393. The summed E-state index contributed by atoms with van der Waals surface area (Å²) in [5.74, 6) is -2.88. The van der Waals surface area contributed by atoms with Crippen molar-refractivity contribution in [2.75, 3.05) is 72.3 Å². The Morgan fingerprint density at radius 2 is 0.714 bits per heavy atom. The highest BCUT2D eigenvalue weighted by Gasteiger charge is 2.40. The number of rotatable bonds is 12. The summed E-state index contributed by atoms with van der Waals surface area (Å²) in [5.41, 5.74) is 8.82. The number of fused-ring (bicyclic) bond motifs is 5. The number of aromatic nitrogens is 10. The summed E-state index contributed by atoms with van der Waals surface area (Å²) in [4.78, 5) is 68.4.